The Morgan fingerprint density at radius 3 is 2.35 bits per heavy atom. The molecule has 1 aromatic heterocycles. The van der Waals surface area contributed by atoms with Crippen molar-refractivity contribution in [3.63, 3.8) is 0 Å². The first-order valence-corrected chi connectivity index (χ1v) is 11.4. The van der Waals surface area contributed by atoms with Crippen molar-refractivity contribution in [3.8, 4) is 0 Å². The zero-order chi connectivity index (χ0) is 22.0. The van der Waals surface area contributed by atoms with Gasteiger partial charge in [-0.25, -0.2) is 18.2 Å². The predicted octanol–water partition coefficient (Wildman–Crippen LogP) is 2.49. The van der Waals surface area contributed by atoms with Crippen LogP contribution in [0.2, 0.25) is 0 Å². The van der Waals surface area contributed by atoms with E-state index in [2.05, 4.69) is 9.97 Å². The molecule has 0 N–H and O–H groups in total. The zero-order valence-corrected chi connectivity index (χ0v) is 17.7. The van der Waals surface area contributed by atoms with Gasteiger partial charge in [0.2, 0.25) is 0 Å². The molecule has 1 saturated heterocycles. The van der Waals surface area contributed by atoms with Gasteiger partial charge in [0.05, 0.1) is 40.0 Å². The van der Waals surface area contributed by atoms with Crippen LogP contribution in [0.3, 0.4) is 0 Å². The first kappa shape index (κ1) is 20.9. The first-order chi connectivity index (χ1) is 14.9. The summed E-state index contributed by atoms with van der Waals surface area (Å²) in [5.74, 6) is -0.967. The Kier molecular flexibility index (Phi) is 5.69. The SMILES string of the molecule is COC(=O)c1ccccc1S(=O)(=O)C1CCN(C(=O)c2cnc3ccccc3n2)CC1. The quantitative estimate of drug-likeness (QED) is 0.575. The Hall–Kier alpha value is -3.33. The lowest BCUT2D eigenvalue weighted by Crippen LogP contribution is -2.43. The van der Waals surface area contributed by atoms with E-state index < -0.39 is 21.1 Å². The Morgan fingerprint density at radius 1 is 1.00 bits per heavy atom. The molecule has 0 atom stereocenters. The minimum Gasteiger partial charge on any atom is -0.465 e. The van der Waals surface area contributed by atoms with Crippen LogP contribution in [0.5, 0.6) is 0 Å². The Bertz CT molecular complexity index is 1250. The van der Waals surface area contributed by atoms with Crippen molar-refractivity contribution in [2.75, 3.05) is 20.2 Å². The van der Waals surface area contributed by atoms with E-state index in [1.807, 2.05) is 18.2 Å². The van der Waals surface area contributed by atoms with Crippen LogP contribution in [-0.2, 0) is 14.6 Å². The number of piperidine rings is 1. The summed E-state index contributed by atoms with van der Waals surface area (Å²) in [5, 5.41) is -0.690. The standard InChI is InChI=1S/C22H21N3O5S/c1-30-22(27)16-6-2-5-9-20(16)31(28,29)15-10-12-25(13-11-15)21(26)19-14-23-17-7-3-4-8-18(17)24-19/h2-9,14-15H,10-13H2,1H3. The smallest absolute Gasteiger partial charge is 0.339 e. The monoisotopic (exact) mass is 439 g/mol. The van der Waals surface area contributed by atoms with Crippen LogP contribution in [0.4, 0.5) is 0 Å². The van der Waals surface area contributed by atoms with Crippen LogP contribution in [0.15, 0.2) is 59.6 Å². The molecule has 2 heterocycles. The second-order valence-corrected chi connectivity index (χ2v) is 9.46. The van der Waals surface area contributed by atoms with E-state index >= 15 is 0 Å². The van der Waals surface area contributed by atoms with E-state index in [1.54, 1.807) is 23.1 Å². The molecule has 1 amide bonds. The lowest BCUT2D eigenvalue weighted by Gasteiger charge is -2.31. The molecule has 1 aliphatic rings. The summed E-state index contributed by atoms with van der Waals surface area (Å²) in [6.45, 7) is 0.551. The van der Waals surface area contributed by atoms with Gasteiger partial charge < -0.3 is 9.64 Å². The van der Waals surface area contributed by atoms with Gasteiger partial charge in [0.25, 0.3) is 5.91 Å². The van der Waals surface area contributed by atoms with Gasteiger partial charge in [0.15, 0.2) is 9.84 Å². The number of hydrogen-bond donors (Lipinski definition) is 0. The van der Waals surface area contributed by atoms with Gasteiger partial charge in [0.1, 0.15) is 5.69 Å². The number of esters is 1. The number of carbonyl (C=O) groups excluding carboxylic acids is 2. The van der Waals surface area contributed by atoms with Gasteiger partial charge >= 0.3 is 5.97 Å². The summed E-state index contributed by atoms with van der Waals surface area (Å²) >= 11 is 0. The van der Waals surface area contributed by atoms with Gasteiger partial charge in [-0.3, -0.25) is 9.78 Å². The number of rotatable bonds is 4. The molecular weight excluding hydrogens is 418 g/mol. The highest BCUT2D eigenvalue weighted by atomic mass is 32.2. The summed E-state index contributed by atoms with van der Waals surface area (Å²) in [6.07, 6.45) is 1.98. The maximum atomic E-state index is 13.2. The molecule has 1 fully saturated rings. The minimum atomic E-state index is -3.76. The molecule has 0 saturated carbocycles. The topological polar surface area (TPSA) is 107 Å². The number of nitrogens with zero attached hydrogens (tertiary/aromatic N) is 3. The van der Waals surface area contributed by atoms with Crippen molar-refractivity contribution in [2.45, 2.75) is 23.0 Å². The van der Waals surface area contributed by atoms with Gasteiger partial charge in [-0.15, -0.1) is 0 Å². The van der Waals surface area contributed by atoms with E-state index in [0.29, 0.717) is 11.0 Å². The van der Waals surface area contributed by atoms with Crippen LogP contribution in [-0.4, -0.2) is 60.6 Å². The summed E-state index contributed by atoms with van der Waals surface area (Å²) in [6, 6.07) is 13.3. The normalized spacial score (nSPS) is 15.1. The summed E-state index contributed by atoms with van der Waals surface area (Å²) in [5.41, 5.74) is 1.59. The molecule has 2 aromatic carbocycles. The van der Waals surface area contributed by atoms with E-state index in [1.165, 1.54) is 25.4 Å². The molecule has 0 unspecified atom stereocenters. The molecular formula is C22H21N3O5S. The van der Waals surface area contributed by atoms with Gasteiger partial charge in [-0.1, -0.05) is 24.3 Å². The Morgan fingerprint density at radius 2 is 1.65 bits per heavy atom. The van der Waals surface area contributed by atoms with E-state index in [0.717, 1.165) is 0 Å². The van der Waals surface area contributed by atoms with Crippen LogP contribution < -0.4 is 0 Å². The molecule has 31 heavy (non-hydrogen) atoms. The molecule has 0 bridgehead atoms. The Labute approximate surface area is 179 Å². The number of hydrogen-bond acceptors (Lipinski definition) is 7. The number of para-hydroxylation sites is 2. The number of amides is 1. The van der Waals surface area contributed by atoms with Crippen LogP contribution in [0.1, 0.15) is 33.7 Å². The number of benzene rings is 2. The van der Waals surface area contributed by atoms with Crippen molar-refractivity contribution in [3.05, 3.63) is 66.0 Å². The number of aromatic nitrogens is 2. The van der Waals surface area contributed by atoms with Crippen LogP contribution in [0.25, 0.3) is 11.0 Å². The molecule has 160 valence electrons. The fraction of sp³-hybridized carbons (Fsp3) is 0.273. The van der Waals surface area contributed by atoms with E-state index in [-0.39, 0.29) is 48.0 Å². The average molecular weight is 439 g/mol. The van der Waals surface area contributed by atoms with Crippen molar-refractivity contribution in [1.82, 2.24) is 14.9 Å². The van der Waals surface area contributed by atoms with Crippen molar-refractivity contribution < 1.29 is 22.7 Å². The maximum absolute atomic E-state index is 13.2. The third kappa shape index (κ3) is 4.00. The number of sulfone groups is 1. The number of ether oxygens (including phenoxy) is 1. The second kappa shape index (κ2) is 8.43. The summed E-state index contributed by atoms with van der Waals surface area (Å²) in [4.78, 5) is 35.1. The summed E-state index contributed by atoms with van der Waals surface area (Å²) in [7, 11) is -2.54. The third-order valence-electron chi connectivity index (χ3n) is 5.43. The molecule has 3 aromatic rings. The zero-order valence-electron chi connectivity index (χ0n) is 16.9. The van der Waals surface area contributed by atoms with Crippen molar-refractivity contribution in [2.24, 2.45) is 0 Å². The van der Waals surface area contributed by atoms with E-state index in [4.69, 9.17) is 4.74 Å². The fourth-order valence-electron chi connectivity index (χ4n) is 3.76. The van der Waals surface area contributed by atoms with E-state index in [9.17, 15) is 18.0 Å². The van der Waals surface area contributed by atoms with Gasteiger partial charge in [-0.2, -0.15) is 0 Å². The van der Waals surface area contributed by atoms with Gasteiger partial charge in [0, 0.05) is 13.1 Å². The molecule has 1 aliphatic heterocycles. The lowest BCUT2D eigenvalue weighted by molar-refractivity contribution is 0.0596. The molecule has 0 spiro atoms. The highest BCUT2D eigenvalue weighted by Gasteiger charge is 2.35. The number of carbonyl (C=O) groups is 2. The molecule has 0 radical (unpaired) electrons. The molecule has 9 heteroatoms. The average Bonchev–Trinajstić information content (AvgIpc) is 2.82. The van der Waals surface area contributed by atoms with Crippen molar-refractivity contribution >= 4 is 32.7 Å². The largest absolute Gasteiger partial charge is 0.465 e. The lowest BCUT2D eigenvalue weighted by atomic mass is 10.1. The maximum Gasteiger partial charge on any atom is 0.339 e. The summed E-state index contributed by atoms with van der Waals surface area (Å²) < 4.78 is 31.1. The molecule has 8 nitrogen and oxygen atoms in total. The highest BCUT2D eigenvalue weighted by molar-refractivity contribution is 7.92. The van der Waals surface area contributed by atoms with Crippen molar-refractivity contribution in [1.29, 1.82) is 0 Å². The second-order valence-electron chi connectivity index (χ2n) is 7.27. The van der Waals surface area contributed by atoms with Crippen LogP contribution >= 0.6 is 0 Å². The number of methoxy groups -OCH3 is 1. The number of likely N-dealkylation sites (tertiary alicyclic amines) is 1. The first-order valence-electron chi connectivity index (χ1n) is 9.84. The highest BCUT2D eigenvalue weighted by Crippen LogP contribution is 2.28. The Balaban J connectivity index is 1.50. The minimum absolute atomic E-state index is 0.0231. The fourth-order valence-corrected chi connectivity index (χ4v) is 5.68. The van der Waals surface area contributed by atoms with Gasteiger partial charge in [-0.05, 0) is 37.1 Å². The van der Waals surface area contributed by atoms with Crippen LogP contribution in [0, 0.1) is 0 Å². The third-order valence-corrected chi connectivity index (χ3v) is 7.75. The molecule has 0 aliphatic carbocycles. The predicted molar refractivity (Wildman–Crippen MR) is 113 cm³/mol. The molecule has 4 rings (SSSR count). The number of fused-ring (bicyclic) bond motifs is 1.